The number of fused-ring (bicyclic) bond motifs is 3. The second-order valence-electron chi connectivity index (χ2n) is 8.56. The Morgan fingerprint density at radius 3 is 2.65 bits per heavy atom. The van der Waals surface area contributed by atoms with E-state index in [1.165, 1.54) is 11.8 Å². The first-order valence-electron chi connectivity index (χ1n) is 11.1. The maximum Gasteiger partial charge on any atom is 0.321 e. The molecule has 1 saturated carbocycles. The van der Waals surface area contributed by atoms with Crippen molar-refractivity contribution >= 4 is 40.4 Å². The highest BCUT2D eigenvalue weighted by Gasteiger charge is 2.26. The number of aryl methyl sites for hydroxylation is 2. The van der Waals surface area contributed by atoms with Crippen LogP contribution in [0.2, 0.25) is 0 Å². The number of rotatable bonds is 5. The van der Waals surface area contributed by atoms with Gasteiger partial charge in [0.2, 0.25) is 11.7 Å². The fourth-order valence-electron chi connectivity index (χ4n) is 3.81. The van der Waals surface area contributed by atoms with Gasteiger partial charge in [-0.15, -0.1) is 10.2 Å². The maximum atomic E-state index is 13.5. The zero-order valence-corrected chi connectivity index (χ0v) is 19.8. The number of hydrogen-bond acceptors (Lipinski definition) is 6. The summed E-state index contributed by atoms with van der Waals surface area (Å²) in [6.07, 6.45) is 1.87. The summed E-state index contributed by atoms with van der Waals surface area (Å²) in [6.45, 7) is 5.61. The van der Waals surface area contributed by atoms with Crippen molar-refractivity contribution in [2.24, 2.45) is 0 Å². The van der Waals surface area contributed by atoms with Crippen LogP contribution in [0.25, 0.3) is 22.4 Å². The number of benzene rings is 2. The van der Waals surface area contributed by atoms with E-state index in [1.807, 2.05) is 50.2 Å². The highest BCUT2D eigenvalue weighted by Crippen LogP contribution is 2.27. The average molecular weight is 477 g/mol. The van der Waals surface area contributed by atoms with Gasteiger partial charge in [-0.1, -0.05) is 36.0 Å². The molecule has 34 heavy (non-hydrogen) atoms. The van der Waals surface area contributed by atoms with E-state index >= 15 is 0 Å². The Balaban J connectivity index is 1.59. The number of nitrogens with one attached hydrogen (secondary N) is 2. The molecule has 2 aromatic carbocycles. The molecule has 1 unspecified atom stereocenters. The van der Waals surface area contributed by atoms with Gasteiger partial charge in [-0.3, -0.25) is 19.3 Å². The Morgan fingerprint density at radius 1 is 1.12 bits per heavy atom. The van der Waals surface area contributed by atoms with Gasteiger partial charge < -0.3 is 5.32 Å². The van der Waals surface area contributed by atoms with Gasteiger partial charge in [0.25, 0.3) is 5.56 Å². The Hall–Kier alpha value is -3.66. The van der Waals surface area contributed by atoms with Gasteiger partial charge in [0.1, 0.15) is 0 Å². The lowest BCUT2D eigenvalue weighted by Gasteiger charge is -2.15. The fourth-order valence-corrected chi connectivity index (χ4v) is 4.66. The third kappa shape index (κ3) is 4.05. The predicted octanol–water partition coefficient (Wildman–Crippen LogP) is 3.12. The summed E-state index contributed by atoms with van der Waals surface area (Å²) in [6, 6.07) is 12.8. The Kier molecular flexibility index (Phi) is 5.60. The van der Waals surface area contributed by atoms with Gasteiger partial charge in [0.15, 0.2) is 5.16 Å². The molecule has 2 N–H and O–H groups in total. The van der Waals surface area contributed by atoms with Gasteiger partial charge in [-0.05, 0) is 62.9 Å². The SMILES string of the molecule is Cc1ccc(C)c(-n2c(=O)c3ccccc3n3c(SC(C)C(=O)NC(=O)NC4CC4)nnc23)c1. The first-order valence-corrected chi connectivity index (χ1v) is 12.0. The minimum Gasteiger partial charge on any atom is -0.335 e. The van der Waals surface area contributed by atoms with Crippen LogP contribution >= 0.6 is 11.8 Å². The number of nitrogens with zero attached hydrogens (tertiary/aromatic N) is 4. The molecule has 0 aliphatic heterocycles. The summed E-state index contributed by atoms with van der Waals surface area (Å²) in [5.41, 5.74) is 3.13. The molecule has 2 heterocycles. The van der Waals surface area contributed by atoms with Gasteiger partial charge >= 0.3 is 6.03 Å². The molecule has 3 amide bonds. The third-order valence-electron chi connectivity index (χ3n) is 5.80. The molecule has 174 valence electrons. The van der Waals surface area contributed by atoms with Crippen LogP contribution < -0.4 is 16.2 Å². The Labute approximate surface area is 199 Å². The smallest absolute Gasteiger partial charge is 0.321 e. The van der Waals surface area contributed by atoms with Crippen LogP contribution in [0, 0.1) is 13.8 Å². The molecular formula is C24H24N6O3S. The summed E-state index contributed by atoms with van der Waals surface area (Å²) >= 11 is 1.18. The normalized spacial score (nSPS) is 14.3. The minimum atomic E-state index is -0.614. The zero-order chi connectivity index (χ0) is 24.0. The van der Waals surface area contributed by atoms with E-state index in [0.29, 0.717) is 21.8 Å². The lowest BCUT2D eigenvalue weighted by molar-refractivity contribution is -0.119. The van der Waals surface area contributed by atoms with Crippen LogP contribution in [0.15, 0.2) is 52.4 Å². The third-order valence-corrected chi connectivity index (χ3v) is 6.84. The number of hydrogen-bond donors (Lipinski definition) is 2. The second kappa shape index (κ2) is 8.60. The molecule has 1 aliphatic carbocycles. The topological polar surface area (TPSA) is 110 Å². The average Bonchev–Trinajstić information content (AvgIpc) is 3.53. The Morgan fingerprint density at radius 2 is 1.88 bits per heavy atom. The number of para-hydroxylation sites is 1. The molecule has 0 radical (unpaired) electrons. The molecule has 9 nitrogen and oxygen atoms in total. The lowest BCUT2D eigenvalue weighted by Crippen LogP contribution is -2.43. The lowest BCUT2D eigenvalue weighted by atomic mass is 10.1. The van der Waals surface area contributed by atoms with Crippen molar-refractivity contribution in [2.45, 2.75) is 50.1 Å². The number of amides is 3. The maximum absolute atomic E-state index is 13.5. The van der Waals surface area contributed by atoms with Gasteiger partial charge in [-0.25, -0.2) is 9.36 Å². The molecule has 1 atom stereocenters. The molecule has 1 fully saturated rings. The second-order valence-corrected chi connectivity index (χ2v) is 9.87. The monoisotopic (exact) mass is 476 g/mol. The van der Waals surface area contributed by atoms with E-state index in [4.69, 9.17) is 0 Å². The first kappa shape index (κ1) is 22.1. The number of carbonyl (C=O) groups excluding carboxylic acids is 2. The van der Waals surface area contributed by atoms with E-state index < -0.39 is 17.2 Å². The van der Waals surface area contributed by atoms with Crippen molar-refractivity contribution in [2.75, 3.05) is 0 Å². The first-order chi connectivity index (χ1) is 16.3. The van der Waals surface area contributed by atoms with Crippen molar-refractivity contribution in [1.29, 1.82) is 0 Å². The molecule has 5 rings (SSSR count). The van der Waals surface area contributed by atoms with Gasteiger partial charge in [-0.2, -0.15) is 0 Å². The van der Waals surface area contributed by atoms with Crippen LogP contribution in [0.3, 0.4) is 0 Å². The highest BCUT2D eigenvalue weighted by atomic mass is 32.2. The number of aromatic nitrogens is 4. The van der Waals surface area contributed by atoms with Crippen molar-refractivity contribution in [3.05, 3.63) is 63.9 Å². The largest absolute Gasteiger partial charge is 0.335 e. The minimum absolute atomic E-state index is 0.157. The molecule has 4 aromatic rings. The van der Waals surface area contributed by atoms with Crippen molar-refractivity contribution in [1.82, 2.24) is 29.8 Å². The number of thioether (sulfide) groups is 1. The van der Waals surface area contributed by atoms with E-state index in [0.717, 1.165) is 29.7 Å². The number of urea groups is 1. The molecule has 0 spiro atoms. The summed E-state index contributed by atoms with van der Waals surface area (Å²) in [5.74, 6) is -0.0639. The number of carbonyl (C=O) groups is 2. The molecule has 2 aromatic heterocycles. The van der Waals surface area contributed by atoms with E-state index in [1.54, 1.807) is 22.0 Å². The van der Waals surface area contributed by atoms with Gasteiger partial charge in [0, 0.05) is 6.04 Å². The van der Waals surface area contributed by atoms with Gasteiger partial charge in [0.05, 0.1) is 21.8 Å². The molecule has 0 bridgehead atoms. The van der Waals surface area contributed by atoms with Crippen LogP contribution in [-0.4, -0.2) is 42.4 Å². The summed E-state index contributed by atoms with van der Waals surface area (Å²) < 4.78 is 3.35. The van der Waals surface area contributed by atoms with Crippen LogP contribution in [-0.2, 0) is 4.79 Å². The van der Waals surface area contributed by atoms with Crippen LogP contribution in [0.1, 0.15) is 30.9 Å². The van der Waals surface area contributed by atoms with Crippen LogP contribution in [0.4, 0.5) is 4.79 Å². The van der Waals surface area contributed by atoms with Crippen molar-refractivity contribution in [3.8, 4) is 5.69 Å². The van der Waals surface area contributed by atoms with E-state index in [2.05, 4.69) is 20.8 Å². The Bertz CT molecular complexity index is 1500. The van der Waals surface area contributed by atoms with Crippen molar-refractivity contribution in [3.63, 3.8) is 0 Å². The summed E-state index contributed by atoms with van der Waals surface area (Å²) in [7, 11) is 0. The quantitative estimate of drug-likeness (QED) is 0.428. The standard InChI is InChI=1S/C24H24N6O3S/c1-13-8-9-14(2)19(12-13)29-21(32)17-6-4-5-7-18(17)30-23(29)27-28-24(30)34-15(3)20(31)26-22(33)25-16-10-11-16/h4-9,12,15-16H,10-11H2,1-3H3,(H2,25,26,31,33). The predicted molar refractivity (Wildman–Crippen MR) is 131 cm³/mol. The van der Waals surface area contributed by atoms with E-state index in [9.17, 15) is 14.4 Å². The molecule has 0 saturated heterocycles. The molecule has 10 heteroatoms. The highest BCUT2D eigenvalue weighted by molar-refractivity contribution is 8.00. The van der Waals surface area contributed by atoms with Crippen LogP contribution in [0.5, 0.6) is 0 Å². The summed E-state index contributed by atoms with van der Waals surface area (Å²) in [4.78, 5) is 38.1. The van der Waals surface area contributed by atoms with E-state index in [-0.39, 0.29) is 11.6 Å². The number of imide groups is 1. The fraction of sp³-hybridized carbons (Fsp3) is 0.292. The zero-order valence-electron chi connectivity index (χ0n) is 19.0. The van der Waals surface area contributed by atoms with Crippen molar-refractivity contribution < 1.29 is 9.59 Å². The molecule has 1 aliphatic rings. The molecular weight excluding hydrogens is 452 g/mol. The summed E-state index contributed by atoms with van der Waals surface area (Å²) in [5, 5.41) is 14.1.